The zero-order valence-corrected chi connectivity index (χ0v) is 10.7. The summed E-state index contributed by atoms with van der Waals surface area (Å²) in [6, 6.07) is 0. The molecule has 0 spiro atoms. The molecule has 0 aliphatic carbocycles. The summed E-state index contributed by atoms with van der Waals surface area (Å²) in [5.74, 6) is 0. The fourth-order valence-corrected chi connectivity index (χ4v) is 0.895. The number of unbranched alkanes of at least 4 members (excludes halogenated alkanes) is 2. The summed E-state index contributed by atoms with van der Waals surface area (Å²) in [4.78, 5) is 0. The fourth-order valence-electron chi connectivity index (χ4n) is 0.895. The van der Waals surface area contributed by atoms with Gasteiger partial charge in [0, 0.05) is 6.42 Å². The molecule has 1 aliphatic rings. The van der Waals surface area contributed by atoms with Gasteiger partial charge in [0.2, 0.25) is 6.29 Å². The van der Waals surface area contributed by atoms with Crippen molar-refractivity contribution in [3.05, 3.63) is 19.4 Å². The predicted molar refractivity (Wildman–Crippen MR) is 44.7 cm³/mol. The molecule has 0 atom stereocenters. The van der Waals surface area contributed by atoms with Crippen LogP contribution in [0, 0.1) is 6.92 Å². The summed E-state index contributed by atoms with van der Waals surface area (Å²) in [6.45, 7) is 3.75. The van der Waals surface area contributed by atoms with Crippen molar-refractivity contribution in [3.63, 3.8) is 0 Å². The van der Waals surface area contributed by atoms with Crippen LogP contribution in [0.5, 0.6) is 0 Å². The van der Waals surface area contributed by atoms with E-state index in [1.165, 1.54) is 0 Å². The summed E-state index contributed by atoms with van der Waals surface area (Å²) < 4.78 is 10.2. The minimum atomic E-state index is -0.0217. The summed E-state index contributed by atoms with van der Waals surface area (Å²) in [5, 5.41) is 0. The molecule has 1 heterocycles. The van der Waals surface area contributed by atoms with E-state index in [1.807, 2.05) is 0 Å². The Kier molecular flexibility index (Phi) is 12.7. The SMILES string of the molecule is [CH2-]CCCCC1OC=CO1.[I-].[Mg+2]. The van der Waals surface area contributed by atoms with Crippen molar-refractivity contribution in [1.29, 1.82) is 0 Å². The second kappa shape index (κ2) is 9.92. The van der Waals surface area contributed by atoms with Crippen LogP contribution in [-0.4, -0.2) is 29.3 Å². The molecule has 12 heavy (non-hydrogen) atoms. The Morgan fingerprint density at radius 1 is 1.17 bits per heavy atom. The number of ether oxygens (including phenoxy) is 2. The van der Waals surface area contributed by atoms with Crippen LogP contribution in [0.2, 0.25) is 0 Å². The molecule has 0 aromatic carbocycles. The fraction of sp³-hybridized carbons (Fsp3) is 0.625. The maximum absolute atomic E-state index is 5.08. The summed E-state index contributed by atoms with van der Waals surface area (Å²) in [5.41, 5.74) is 0. The molecule has 66 valence electrons. The van der Waals surface area contributed by atoms with E-state index < -0.39 is 0 Å². The van der Waals surface area contributed by atoms with Gasteiger partial charge in [-0.15, -0.1) is 0 Å². The van der Waals surface area contributed by atoms with Gasteiger partial charge in [-0.05, 0) is 6.42 Å². The van der Waals surface area contributed by atoms with Gasteiger partial charge in [-0.1, -0.05) is 6.42 Å². The average Bonchev–Trinajstić information content (AvgIpc) is 2.41. The Labute approximate surface area is 107 Å². The third-order valence-corrected chi connectivity index (χ3v) is 1.46. The third kappa shape index (κ3) is 6.36. The van der Waals surface area contributed by atoms with Crippen LogP contribution in [-0.2, 0) is 9.47 Å². The van der Waals surface area contributed by atoms with Gasteiger partial charge in [-0.3, -0.25) is 0 Å². The van der Waals surface area contributed by atoms with E-state index in [9.17, 15) is 0 Å². The van der Waals surface area contributed by atoms with E-state index in [0.29, 0.717) is 0 Å². The van der Waals surface area contributed by atoms with Crippen molar-refractivity contribution in [1.82, 2.24) is 0 Å². The van der Waals surface area contributed by atoms with Crippen LogP contribution in [0.15, 0.2) is 12.5 Å². The van der Waals surface area contributed by atoms with Gasteiger partial charge >= 0.3 is 23.1 Å². The number of hydrogen-bond donors (Lipinski definition) is 0. The van der Waals surface area contributed by atoms with Gasteiger partial charge in [0.1, 0.15) is 12.5 Å². The molecular weight excluding hydrogens is 279 g/mol. The summed E-state index contributed by atoms with van der Waals surface area (Å²) in [7, 11) is 0. The topological polar surface area (TPSA) is 18.5 Å². The van der Waals surface area contributed by atoms with Gasteiger partial charge in [-0.2, -0.15) is 6.42 Å². The van der Waals surface area contributed by atoms with E-state index in [0.717, 1.165) is 25.7 Å². The van der Waals surface area contributed by atoms with Gasteiger partial charge in [0.05, 0.1) is 0 Å². The minimum absolute atomic E-state index is 0. The Balaban J connectivity index is 0. The van der Waals surface area contributed by atoms with Gasteiger partial charge in [0.15, 0.2) is 0 Å². The molecule has 0 aromatic rings. The van der Waals surface area contributed by atoms with Gasteiger partial charge in [-0.25, -0.2) is 0 Å². The molecule has 0 saturated heterocycles. The van der Waals surface area contributed by atoms with Crippen molar-refractivity contribution in [3.8, 4) is 0 Å². The van der Waals surface area contributed by atoms with E-state index in [1.54, 1.807) is 12.5 Å². The van der Waals surface area contributed by atoms with Gasteiger partial charge < -0.3 is 40.4 Å². The maximum Gasteiger partial charge on any atom is 2.00 e. The maximum atomic E-state index is 5.08. The summed E-state index contributed by atoms with van der Waals surface area (Å²) >= 11 is 0. The molecule has 2 nitrogen and oxygen atoms in total. The van der Waals surface area contributed by atoms with E-state index in [-0.39, 0.29) is 53.3 Å². The van der Waals surface area contributed by atoms with Crippen LogP contribution in [0.3, 0.4) is 0 Å². The Bertz CT molecular complexity index is 112. The molecule has 0 N–H and O–H groups in total. The van der Waals surface area contributed by atoms with Crippen molar-refractivity contribution in [2.75, 3.05) is 0 Å². The smallest absolute Gasteiger partial charge is 1.00 e. The Hall–Kier alpha value is 0.836. The molecule has 1 rings (SSSR count). The molecule has 0 aromatic heterocycles. The largest absolute Gasteiger partial charge is 2.00 e. The second-order valence-electron chi connectivity index (χ2n) is 2.32. The molecule has 0 saturated carbocycles. The number of hydrogen-bond acceptors (Lipinski definition) is 2. The van der Waals surface area contributed by atoms with Crippen LogP contribution < -0.4 is 24.0 Å². The summed E-state index contributed by atoms with van der Waals surface area (Å²) in [6.07, 6.45) is 7.43. The molecule has 0 fully saturated rings. The monoisotopic (exact) mass is 292 g/mol. The third-order valence-electron chi connectivity index (χ3n) is 1.46. The van der Waals surface area contributed by atoms with Crippen LogP contribution >= 0.6 is 0 Å². The zero-order chi connectivity index (χ0) is 7.23. The first kappa shape index (κ1) is 15.3. The van der Waals surface area contributed by atoms with Crippen LogP contribution in [0.25, 0.3) is 0 Å². The Morgan fingerprint density at radius 2 is 1.75 bits per heavy atom. The van der Waals surface area contributed by atoms with Gasteiger partial charge in [0.25, 0.3) is 0 Å². The van der Waals surface area contributed by atoms with E-state index in [2.05, 4.69) is 6.92 Å². The Morgan fingerprint density at radius 3 is 2.25 bits per heavy atom. The first-order chi connectivity index (χ1) is 4.93. The minimum Gasteiger partial charge on any atom is -1.00 e. The van der Waals surface area contributed by atoms with Crippen molar-refractivity contribution < 1.29 is 33.5 Å². The molecule has 1 aliphatic heterocycles. The molecule has 0 radical (unpaired) electrons. The number of rotatable bonds is 4. The van der Waals surface area contributed by atoms with Crippen molar-refractivity contribution >= 4 is 23.1 Å². The number of halogens is 1. The van der Waals surface area contributed by atoms with Crippen LogP contribution in [0.1, 0.15) is 25.7 Å². The van der Waals surface area contributed by atoms with E-state index in [4.69, 9.17) is 9.47 Å². The molecule has 0 amide bonds. The first-order valence-electron chi connectivity index (χ1n) is 3.68. The van der Waals surface area contributed by atoms with E-state index >= 15 is 0 Å². The van der Waals surface area contributed by atoms with Crippen LogP contribution in [0.4, 0.5) is 0 Å². The normalized spacial score (nSPS) is 14.1. The molecule has 4 heteroatoms. The predicted octanol–water partition coefficient (Wildman–Crippen LogP) is -1.15. The first-order valence-corrected chi connectivity index (χ1v) is 3.68. The quantitative estimate of drug-likeness (QED) is 0.282. The molecular formula is C8H13IMgO2. The zero-order valence-electron chi connectivity index (χ0n) is 7.17. The van der Waals surface area contributed by atoms with Crippen molar-refractivity contribution in [2.45, 2.75) is 32.0 Å². The molecule has 0 unspecified atom stereocenters. The second-order valence-corrected chi connectivity index (χ2v) is 2.32. The standard InChI is InChI=1S/C8H13O2.HI.Mg/c1-2-3-4-5-8-9-6-7-10-8;;/h6-8H,1-5H2;1H;/q-1;;+2/p-1. The average molecular weight is 292 g/mol. The molecule has 0 bridgehead atoms. The van der Waals surface area contributed by atoms with Crippen molar-refractivity contribution in [2.24, 2.45) is 0 Å².